The van der Waals surface area contributed by atoms with Gasteiger partial charge >= 0.3 is 6.18 Å². The molecule has 3 aromatic rings. The zero-order valence-corrected chi connectivity index (χ0v) is 21.7. The first-order valence-electron chi connectivity index (χ1n) is 12.9. The number of amides is 2. The molecule has 210 valence electrons. The summed E-state index contributed by atoms with van der Waals surface area (Å²) in [6.07, 6.45) is -0.538. The van der Waals surface area contributed by atoms with E-state index in [9.17, 15) is 28.0 Å². The van der Waals surface area contributed by atoms with Crippen molar-refractivity contribution in [3.63, 3.8) is 0 Å². The second-order valence-electron chi connectivity index (χ2n) is 10.1. The molecule has 0 saturated heterocycles. The normalized spacial score (nSPS) is 17.0. The highest BCUT2D eigenvalue weighted by atomic mass is 19.4. The number of hydrogen-bond acceptors (Lipinski definition) is 7. The lowest BCUT2D eigenvalue weighted by Gasteiger charge is -2.23. The van der Waals surface area contributed by atoms with Gasteiger partial charge < -0.3 is 15.4 Å². The number of hydrogen-bond donors (Lipinski definition) is 2. The molecular weight excluding hydrogens is 539 g/mol. The van der Waals surface area contributed by atoms with Crippen LogP contribution in [0.15, 0.2) is 42.6 Å². The molecule has 41 heavy (non-hydrogen) atoms. The first-order valence-corrected chi connectivity index (χ1v) is 12.9. The van der Waals surface area contributed by atoms with Gasteiger partial charge in [-0.2, -0.15) is 28.8 Å². The van der Waals surface area contributed by atoms with Crippen molar-refractivity contribution in [3.8, 4) is 23.7 Å². The predicted octanol–water partition coefficient (Wildman–Crippen LogP) is 3.40. The molecule has 1 atom stereocenters. The molecule has 0 spiro atoms. The van der Waals surface area contributed by atoms with E-state index in [1.165, 1.54) is 35.1 Å². The van der Waals surface area contributed by atoms with E-state index >= 15 is 0 Å². The minimum atomic E-state index is -4.44. The molecule has 10 nitrogen and oxygen atoms in total. The summed E-state index contributed by atoms with van der Waals surface area (Å²) >= 11 is 0. The van der Waals surface area contributed by atoms with Crippen LogP contribution in [0.5, 0.6) is 5.75 Å². The highest BCUT2D eigenvalue weighted by Gasteiger charge is 2.44. The van der Waals surface area contributed by atoms with E-state index < -0.39 is 30.0 Å². The second-order valence-corrected chi connectivity index (χ2v) is 10.1. The molecule has 2 amide bonds. The number of nitrogens with zero attached hydrogens (tertiary/aromatic N) is 5. The average molecular weight is 564 g/mol. The summed E-state index contributed by atoms with van der Waals surface area (Å²) in [5.41, 5.74) is 0.926. The zero-order valence-electron chi connectivity index (χ0n) is 21.7. The van der Waals surface area contributed by atoms with Gasteiger partial charge in [0.2, 0.25) is 0 Å². The number of rotatable bonds is 9. The standard InChI is InChI=1S/C28H24F3N7O3/c29-28(30,31)16-41-20-3-1-2-17(10-20)4-6-19-11-21-23(25(39)36-19)24(26(40)35-15-27(14-33)8-9-27)38(37-21)22-7-5-18(12-32)13-34-22/h1-3,5,7,10,13,19H,4,6,8-9,11,15-16H2,(H,35,40)(H,36,39)/t19-/m0/s1. The number of aromatic nitrogens is 3. The Morgan fingerprint density at radius 3 is 2.71 bits per heavy atom. The van der Waals surface area contributed by atoms with Crippen LogP contribution in [0.1, 0.15) is 56.9 Å². The van der Waals surface area contributed by atoms with Crippen LogP contribution < -0.4 is 15.4 Å². The van der Waals surface area contributed by atoms with E-state index in [2.05, 4.69) is 26.8 Å². The van der Waals surface area contributed by atoms with Gasteiger partial charge in [-0.25, -0.2) is 9.67 Å². The van der Waals surface area contributed by atoms with Crippen molar-refractivity contribution >= 4 is 11.8 Å². The van der Waals surface area contributed by atoms with E-state index in [1.807, 2.05) is 6.07 Å². The van der Waals surface area contributed by atoms with Crippen LogP contribution in [-0.4, -0.2) is 51.9 Å². The summed E-state index contributed by atoms with van der Waals surface area (Å²) < 4.78 is 43.6. The fourth-order valence-electron chi connectivity index (χ4n) is 4.62. The van der Waals surface area contributed by atoms with Gasteiger partial charge in [0.15, 0.2) is 12.4 Å². The van der Waals surface area contributed by atoms with E-state index in [4.69, 9.17) is 10.00 Å². The Hall–Kier alpha value is -4.91. The molecular formula is C28H24F3N7O3. The van der Waals surface area contributed by atoms with Crippen molar-refractivity contribution in [2.24, 2.45) is 5.41 Å². The quantitative estimate of drug-likeness (QED) is 0.406. The lowest BCUT2D eigenvalue weighted by molar-refractivity contribution is -0.153. The number of benzene rings is 1. The highest BCUT2D eigenvalue weighted by Crippen LogP contribution is 2.44. The zero-order chi connectivity index (χ0) is 29.2. The van der Waals surface area contributed by atoms with Gasteiger partial charge in [-0.3, -0.25) is 9.59 Å². The number of nitriles is 2. The Balaban J connectivity index is 1.36. The number of alkyl halides is 3. The number of fused-ring (bicyclic) bond motifs is 1. The fourth-order valence-corrected chi connectivity index (χ4v) is 4.62. The largest absolute Gasteiger partial charge is 0.484 e. The van der Waals surface area contributed by atoms with E-state index in [1.54, 1.807) is 12.1 Å². The summed E-state index contributed by atoms with van der Waals surface area (Å²) in [7, 11) is 0. The van der Waals surface area contributed by atoms with Crippen molar-refractivity contribution < 1.29 is 27.5 Å². The van der Waals surface area contributed by atoms with Gasteiger partial charge in [0.05, 0.1) is 28.3 Å². The Morgan fingerprint density at radius 2 is 2.05 bits per heavy atom. The first-order chi connectivity index (χ1) is 19.6. The molecule has 1 aliphatic heterocycles. The molecule has 2 N–H and O–H groups in total. The highest BCUT2D eigenvalue weighted by molar-refractivity contribution is 6.08. The van der Waals surface area contributed by atoms with Crippen LogP contribution in [0.2, 0.25) is 0 Å². The smallest absolute Gasteiger partial charge is 0.422 e. The van der Waals surface area contributed by atoms with Gasteiger partial charge in [-0.15, -0.1) is 0 Å². The maximum absolute atomic E-state index is 13.3. The maximum atomic E-state index is 13.3. The Labute approximate surface area is 232 Å². The Morgan fingerprint density at radius 1 is 1.24 bits per heavy atom. The summed E-state index contributed by atoms with van der Waals surface area (Å²) in [6, 6.07) is 13.2. The molecule has 3 heterocycles. The van der Waals surface area contributed by atoms with Gasteiger partial charge in [-0.1, -0.05) is 12.1 Å². The molecule has 0 radical (unpaired) electrons. The van der Waals surface area contributed by atoms with Crippen LogP contribution >= 0.6 is 0 Å². The number of pyridine rings is 1. The number of halogens is 3. The van der Waals surface area contributed by atoms with Crippen molar-refractivity contribution in [1.29, 1.82) is 10.5 Å². The Bertz CT molecular complexity index is 1560. The number of carbonyl (C=O) groups excluding carboxylic acids is 2. The van der Waals surface area contributed by atoms with Gasteiger partial charge in [0.1, 0.15) is 17.5 Å². The number of carbonyl (C=O) groups is 2. The first kappa shape index (κ1) is 27.6. The summed E-state index contributed by atoms with van der Waals surface area (Å²) in [6.45, 7) is -1.25. The van der Waals surface area contributed by atoms with Crippen LogP contribution in [0.25, 0.3) is 5.82 Å². The minimum absolute atomic E-state index is 0.0172. The van der Waals surface area contributed by atoms with Gasteiger partial charge in [0, 0.05) is 25.2 Å². The third kappa shape index (κ3) is 6.30. The van der Waals surface area contributed by atoms with Crippen molar-refractivity contribution in [2.45, 2.75) is 44.3 Å². The summed E-state index contributed by atoms with van der Waals surface area (Å²) in [5.74, 6) is -0.728. The molecule has 13 heteroatoms. The monoisotopic (exact) mass is 563 g/mol. The summed E-state index contributed by atoms with van der Waals surface area (Å²) in [5, 5.41) is 28.7. The second kappa shape index (κ2) is 10.9. The van der Waals surface area contributed by atoms with E-state index in [-0.39, 0.29) is 35.4 Å². The molecule has 1 fully saturated rings. The maximum Gasteiger partial charge on any atom is 0.422 e. The average Bonchev–Trinajstić information content (AvgIpc) is 3.64. The molecule has 5 rings (SSSR count). The number of nitrogens with one attached hydrogen (secondary N) is 2. The Kier molecular flexibility index (Phi) is 7.37. The predicted molar refractivity (Wildman–Crippen MR) is 137 cm³/mol. The molecule has 1 saturated carbocycles. The molecule has 1 aliphatic carbocycles. The topological polar surface area (TPSA) is 146 Å². The van der Waals surface area contributed by atoms with Crippen LogP contribution in [0, 0.1) is 28.1 Å². The molecule has 2 aromatic heterocycles. The number of ether oxygens (including phenoxy) is 1. The van der Waals surface area contributed by atoms with Gasteiger partial charge in [0.25, 0.3) is 11.8 Å². The fraction of sp³-hybridized carbons (Fsp3) is 0.357. The van der Waals surface area contributed by atoms with Crippen LogP contribution in [0.3, 0.4) is 0 Å². The summed E-state index contributed by atoms with van der Waals surface area (Å²) in [4.78, 5) is 30.9. The molecule has 0 unspecified atom stereocenters. The van der Waals surface area contributed by atoms with Crippen molar-refractivity contribution in [3.05, 3.63) is 70.7 Å². The molecule has 2 aliphatic rings. The van der Waals surface area contributed by atoms with E-state index in [0.29, 0.717) is 43.4 Å². The van der Waals surface area contributed by atoms with Crippen LogP contribution in [0.4, 0.5) is 13.2 Å². The SMILES string of the molecule is N#Cc1ccc(-n2nc3c(c2C(=O)NCC2(C#N)CC2)C(=O)N[C@@H](CCc2cccc(OCC(F)(F)F)c2)C3)nc1. The molecule has 0 bridgehead atoms. The number of aryl methyl sites for hydroxylation is 1. The van der Waals surface area contributed by atoms with Crippen LogP contribution in [-0.2, 0) is 12.8 Å². The molecule has 1 aromatic carbocycles. The third-order valence-corrected chi connectivity index (χ3v) is 7.03. The lowest BCUT2D eigenvalue weighted by atomic mass is 9.95. The van der Waals surface area contributed by atoms with Crippen molar-refractivity contribution in [2.75, 3.05) is 13.2 Å². The minimum Gasteiger partial charge on any atom is -0.484 e. The van der Waals surface area contributed by atoms with E-state index in [0.717, 1.165) is 5.56 Å². The third-order valence-electron chi connectivity index (χ3n) is 7.03. The van der Waals surface area contributed by atoms with Crippen molar-refractivity contribution in [1.82, 2.24) is 25.4 Å². The van der Waals surface area contributed by atoms with Gasteiger partial charge in [-0.05, 0) is 55.5 Å². The lowest BCUT2D eigenvalue weighted by Crippen LogP contribution is -2.42.